The van der Waals surface area contributed by atoms with Gasteiger partial charge in [-0.15, -0.1) is 0 Å². The van der Waals surface area contributed by atoms with E-state index >= 15 is 0 Å². The maximum Gasteiger partial charge on any atom is 0.328 e. The zero-order valence-electron chi connectivity index (χ0n) is 18.2. The molecule has 1 amide bonds. The number of unbranched alkanes of at least 4 members (excludes halogenated alkanes) is 11. The van der Waals surface area contributed by atoms with Gasteiger partial charge in [-0.05, 0) is 31.5 Å². The lowest BCUT2D eigenvalue weighted by Gasteiger charge is -2.13. The first-order valence-electron chi connectivity index (χ1n) is 11.3. The maximum atomic E-state index is 12.2. The van der Waals surface area contributed by atoms with Crippen molar-refractivity contribution < 1.29 is 14.3 Å². The van der Waals surface area contributed by atoms with Gasteiger partial charge in [0.15, 0.2) is 0 Å². The molecule has 0 spiro atoms. The minimum Gasteiger partial charge on any atom is -0.464 e. The molecular formula is C24H38BrNO3. The topological polar surface area (TPSA) is 55.4 Å². The fourth-order valence-corrected chi connectivity index (χ4v) is 3.61. The molecule has 1 aromatic carbocycles. The molecule has 0 bridgehead atoms. The lowest BCUT2D eigenvalue weighted by Crippen LogP contribution is -2.39. The van der Waals surface area contributed by atoms with E-state index < -0.39 is 6.04 Å². The Morgan fingerprint density at radius 3 is 2.03 bits per heavy atom. The zero-order chi connectivity index (χ0) is 21.3. The largest absolute Gasteiger partial charge is 0.464 e. The second-order valence-corrected chi connectivity index (χ2v) is 8.68. The van der Waals surface area contributed by atoms with E-state index in [0.717, 1.165) is 17.3 Å². The van der Waals surface area contributed by atoms with Crippen molar-refractivity contribution in [2.24, 2.45) is 0 Å². The molecule has 164 valence electrons. The molecule has 0 fully saturated rings. The number of nitrogens with one attached hydrogen (secondary N) is 1. The SMILES string of the molecule is CCCCCCCCCCCCCCOC(=O)C(C)NC(=O)c1cccc(Br)c1. The maximum absolute atomic E-state index is 12.2. The van der Waals surface area contributed by atoms with Crippen LogP contribution < -0.4 is 5.32 Å². The second-order valence-electron chi connectivity index (χ2n) is 7.76. The van der Waals surface area contributed by atoms with Crippen LogP contribution in [0, 0.1) is 0 Å². The third kappa shape index (κ3) is 12.7. The normalized spacial score (nSPS) is 11.8. The molecule has 1 unspecified atom stereocenters. The average Bonchev–Trinajstić information content (AvgIpc) is 2.71. The number of esters is 1. The van der Waals surface area contributed by atoms with Crippen molar-refractivity contribution >= 4 is 27.8 Å². The third-order valence-corrected chi connectivity index (χ3v) is 5.52. The van der Waals surface area contributed by atoms with E-state index in [1.807, 2.05) is 6.07 Å². The molecule has 1 atom stereocenters. The van der Waals surface area contributed by atoms with E-state index in [4.69, 9.17) is 4.74 Å². The van der Waals surface area contributed by atoms with E-state index in [-0.39, 0.29) is 11.9 Å². The van der Waals surface area contributed by atoms with Crippen molar-refractivity contribution in [1.29, 1.82) is 0 Å². The van der Waals surface area contributed by atoms with Crippen LogP contribution in [-0.4, -0.2) is 24.5 Å². The molecule has 0 saturated carbocycles. The van der Waals surface area contributed by atoms with Crippen LogP contribution in [-0.2, 0) is 9.53 Å². The van der Waals surface area contributed by atoms with Crippen molar-refractivity contribution in [3.63, 3.8) is 0 Å². The molecule has 4 nitrogen and oxygen atoms in total. The summed E-state index contributed by atoms with van der Waals surface area (Å²) in [6.45, 7) is 4.33. The van der Waals surface area contributed by atoms with Crippen LogP contribution >= 0.6 is 15.9 Å². The summed E-state index contributed by atoms with van der Waals surface area (Å²) in [5.74, 6) is -0.655. The average molecular weight is 468 g/mol. The Morgan fingerprint density at radius 1 is 0.931 bits per heavy atom. The number of amides is 1. The summed E-state index contributed by atoms with van der Waals surface area (Å²) in [5, 5.41) is 2.69. The van der Waals surface area contributed by atoms with E-state index in [0.29, 0.717) is 12.2 Å². The lowest BCUT2D eigenvalue weighted by molar-refractivity contribution is -0.145. The van der Waals surface area contributed by atoms with Crippen LogP contribution in [0.2, 0.25) is 0 Å². The van der Waals surface area contributed by atoms with Crippen LogP contribution in [0.25, 0.3) is 0 Å². The van der Waals surface area contributed by atoms with E-state index in [2.05, 4.69) is 28.2 Å². The number of ether oxygens (including phenoxy) is 1. The monoisotopic (exact) mass is 467 g/mol. The number of rotatable bonds is 16. The molecule has 0 aliphatic rings. The second kappa shape index (κ2) is 16.4. The Morgan fingerprint density at radius 2 is 1.48 bits per heavy atom. The molecule has 0 heterocycles. The van der Waals surface area contributed by atoms with Gasteiger partial charge in [0.1, 0.15) is 6.04 Å². The van der Waals surface area contributed by atoms with Gasteiger partial charge >= 0.3 is 5.97 Å². The van der Waals surface area contributed by atoms with Crippen LogP contribution in [0.1, 0.15) is 101 Å². The van der Waals surface area contributed by atoms with Gasteiger partial charge in [-0.2, -0.15) is 0 Å². The highest BCUT2D eigenvalue weighted by molar-refractivity contribution is 9.10. The summed E-state index contributed by atoms with van der Waals surface area (Å²) in [6.07, 6.45) is 15.3. The molecule has 29 heavy (non-hydrogen) atoms. The predicted octanol–water partition coefficient (Wildman–Crippen LogP) is 6.81. The van der Waals surface area contributed by atoms with Gasteiger partial charge in [-0.3, -0.25) is 4.79 Å². The van der Waals surface area contributed by atoms with Gasteiger partial charge in [-0.25, -0.2) is 4.79 Å². The number of hydrogen-bond donors (Lipinski definition) is 1. The number of halogens is 1. The third-order valence-electron chi connectivity index (χ3n) is 5.03. The molecular weight excluding hydrogens is 430 g/mol. The zero-order valence-corrected chi connectivity index (χ0v) is 19.8. The van der Waals surface area contributed by atoms with Crippen LogP contribution in [0.3, 0.4) is 0 Å². The number of benzene rings is 1. The predicted molar refractivity (Wildman–Crippen MR) is 123 cm³/mol. The highest BCUT2D eigenvalue weighted by Crippen LogP contribution is 2.13. The summed E-state index contributed by atoms with van der Waals surface area (Å²) in [6, 6.07) is 6.42. The standard InChI is InChI=1S/C24H38BrNO3/c1-3-4-5-6-7-8-9-10-11-12-13-14-18-29-24(28)20(2)26-23(27)21-16-15-17-22(25)19-21/h15-17,19-20H,3-14,18H2,1-2H3,(H,26,27). The molecule has 0 saturated heterocycles. The van der Waals surface area contributed by atoms with Crippen molar-refractivity contribution in [2.45, 2.75) is 96.9 Å². The quantitative estimate of drug-likeness (QED) is 0.214. The fraction of sp³-hybridized carbons (Fsp3) is 0.667. The molecule has 0 aliphatic heterocycles. The van der Waals surface area contributed by atoms with Gasteiger partial charge in [0, 0.05) is 10.0 Å². The van der Waals surface area contributed by atoms with Crippen molar-refractivity contribution in [3.8, 4) is 0 Å². The minimum absolute atomic E-state index is 0.277. The molecule has 1 aromatic rings. The Hall–Kier alpha value is -1.36. The first-order valence-corrected chi connectivity index (χ1v) is 12.1. The Balaban J connectivity index is 2.00. The summed E-state index contributed by atoms with van der Waals surface area (Å²) < 4.78 is 6.12. The van der Waals surface area contributed by atoms with Gasteiger partial charge in [0.2, 0.25) is 0 Å². The number of carbonyl (C=O) groups is 2. The van der Waals surface area contributed by atoms with Gasteiger partial charge in [0.05, 0.1) is 6.61 Å². The molecule has 0 radical (unpaired) electrons. The van der Waals surface area contributed by atoms with Crippen molar-refractivity contribution in [1.82, 2.24) is 5.32 Å². The Kier molecular flexibility index (Phi) is 14.6. The van der Waals surface area contributed by atoms with Crippen LogP contribution in [0.15, 0.2) is 28.7 Å². The minimum atomic E-state index is -0.654. The van der Waals surface area contributed by atoms with Gasteiger partial charge in [0.25, 0.3) is 5.91 Å². The van der Waals surface area contributed by atoms with Gasteiger partial charge in [-0.1, -0.05) is 99.5 Å². The molecule has 1 rings (SSSR count). The first kappa shape index (κ1) is 25.7. The summed E-state index contributed by atoms with van der Waals surface area (Å²) in [5.41, 5.74) is 0.514. The Bertz CT molecular complexity index is 591. The van der Waals surface area contributed by atoms with Crippen LogP contribution in [0.5, 0.6) is 0 Å². The first-order chi connectivity index (χ1) is 14.0. The van der Waals surface area contributed by atoms with Crippen LogP contribution in [0.4, 0.5) is 0 Å². The van der Waals surface area contributed by atoms with Gasteiger partial charge < -0.3 is 10.1 Å². The molecule has 1 N–H and O–H groups in total. The van der Waals surface area contributed by atoms with Crippen molar-refractivity contribution in [2.75, 3.05) is 6.61 Å². The highest BCUT2D eigenvalue weighted by atomic mass is 79.9. The molecule has 0 aromatic heterocycles. The number of carbonyl (C=O) groups excluding carboxylic acids is 2. The lowest BCUT2D eigenvalue weighted by atomic mass is 10.1. The number of hydrogen-bond acceptors (Lipinski definition) is 3. The molecule has 5 heteroatoms. The Labute approximate surface area is 185 Å². The van der Waals surface area contributed by atoms with E-state index in [1.54, 1.807) is 25.1 Å². The highest BCUT2D eigenvalue weighted by Gasteiger charge is 2.17. The summed E-state index contributed by atoms with van der Waals surface area (Å²) >= 11 is 3.34. The fourth-order valence-electron chi connectivity index (χ4n) is 3.21. The molecule has 0 aliphatic carbocycles. The summed E-state index contributed by atoms with van der Waals surface area (Å²) in [4.78, 5) is 24.2. The summed E-state index contributed by atoms with van der Waals surface area (Å²) in [7, 11) is 0. The van der Waals surface area contributed by atoms with Crippen molar-refractivity contribution in [3.05, 3.63) is 34.3 Å². The van der Waals surface area contributed by atoms with E-state index in [9.17, 15) is 9.59 Å². The van der Waals surface area contributed by atoms with E-state index in [1.165, 1.54) is 64.2 Å². The smallest absolute Gasteiger partial charge is 0.328 e.